The zero-order valence-corrected chi connectivity index (χ0v) is 11.3. The SMILES string of the molecule is CCCCCCC.COc1ccc(C)cc1. The third-order valence-electron chi connectivity index (χ3n) is 2.46. The zero-order valence-electron chi connectivity index (χ0n) is 11.3. The van der Waals surface area contributed by atoms with Crippen LogP contribution in [-0.4, -0.2) is 7.11 Å². The van der Waals surface area contributed by atoms with Crippen LogP contribution < -0.4 is 4.74 Å². The van der Waals surface area contributed by atoms with Crippen molar-refractivity contribution in [3.63, 3.8) is 0 Å². The normalized spacial score (nSPS) is 9.25. The van der Waals surface area contributed by atoms with Gasteiger partial charge in [-0.25, -0.2) is 0 Å². The van der Waals surface area contributed by atoms with E-state index in [1.54, 1.807) is 7.11 Å². The van der Waals surface area contributed by atoms with Crippen LogP contribution in [0.15, 0.2) is 24.3 Å². The molecule has 0 N–H and O–H groups in total. The lowest BCUT2D eigenvalue weighted by Gasteiger charge is -1.97. The molecular formula is C15H26O. The summed E-state index contributed by atoms with van der Waals surface area (Å²) in [6.45, 7) is 6.55. The van der Waals surface area contributed by atoms with Crippen LogP contribution >= 0.6 is 0 Å². The van der Waals surface area contributed by atoms with E-state index in [1.807, 2.05) is 24.3 Å². The fraction of sp³-hybridized carbons (Fsp3) is 0.600. The maximum Gasteiger partial charge on any atom is 0.118 e. The molecule has 1 rings (SSSR count). The van der Waals surface area contributed by atoms with Crippen molar-refractivity contribution in [2.24, 2.45) is 0 Å². The molecule has 0 spiro atoms. The number of rotatable bonds is 5. The minimum atomic E-state index is 0.917. The fourth-order valence-corrected chi connectivity index (χ4v) is 1.35. The summed E-state index contributed by atoms with van der Waals surface area (Å²) in [5.74, 6) is 0.917. The Morgan fingerprint density at radius 1 is 0.875 bits per heavy atom. The van der Waals surface area contributed by atoms with Crippen LogP contribution in [0.2, 0.25) is 0 Å². The Hall–Kier alpha value is -0.980. The molecule has 0 bridgehead atoms. The summed E-state index contributed by atoms with van der Waals surface area (Å²) in [7, 11) is 1.67. The first-order valence-corrected chi connectivity index (χ1v) is 6.35. The maximum atomic E-state index is 4.97. The van der Waals surface area contributed by atoms with Crippen LogP contribution in [0.3, 0.4) is 0 Å². The van der Waals surface area contributed by atoms with Gasteiger partial charge >= 0.3 is 0 Å². The molecule has 0 aliphatic heterocycles. The van der Waals surface area contributed by atoms with Crippen molar-refractivity contribution < 1.29 is 4.74 Å². The van der Waals surface area contributed by atoms with Crippen molar-refractivity contribution in [1.82, 2.24) is 0 Å². The first kappa shape index (κ1) is 15.0. The van der Waals surface area contributed by atoms with Gasteiger partial charge in [0.1, 0.15) is 5.75 Å². The molecule has 0 saturated heterocycles. The molecule has 1 nitrogen and oxygen atoms in total. The minimum absolute atomic E-state index is 0.917. The summed E-state index contributed by atoms with van der Waals surface area (Å²) in [4.78, 5) is 0. The van der Waals surface area contributed by atoms with Gasteiger partial charge in [-0.05, 0) is 19.1 Å². The predicted molar refractivity (Wildman–Crippen MR) is 72.2 cm³/mol. The molecule has 0 fully saturated rings. The molecule has 0 aromatic heterocycles. The van der Waals surface area contributed by atoms with Crippen molar-refractivity contribution in [3.05, 3.63) is 29.8 Å². The Morgan fingerprint density at radius 2 is 1.38 bits per heavy atom. The molecule has 1 heteroatoms. The van der Waals surface area contributed by atoms with Crippen molar-refractivity contribution in [2.45, 2.75) is 52.9 Å². The van der Waals surface area contributed by atoms with Crippen LogP contribution in [0.5, 0.6) is 5.75 Å². The average molecular weight is 222 g/mol. The van der Waals surface area contributed by atoms with E-state index in [9.17, 15) is 0 Å². The van der Waals surface area contributed by atoms with Gasteiger partial charge in [-0.3, -0.25) is 0 Å². The number of hydrogen-bond donors (Lipinski definition) is 0. The van der Waals surface area contributed by atoms with Gasteiger partial charge in [-0.15, -0.1) is 0 Å². The highest BCUT2D eigenvalue weighted by atomic mass is 16.5. The van der Waals surface area contributed by atoms with Crippen LogP contribution in [0, 0.1) is 6.92 Å². The highest BCUT2D eigenvalue weighted by Gasteiger charge is 1.85. The molecule has 0 heterocycles. The molecule has 0 aliphatic rings. The lowest BCUT2D eigenvalue weighted by Crippen LogP contribution is -1.80. The van der Waals surface area contributed by atoms with Crippen molar-refractivity contribution in [2.75, 3.05) is 7.11 Å². The smallest absolute Gasteiger partial charge is 0.118 e. The number of unbranched alkanes of at least 4 members (excludes halogenated alkanes) is 4. The predicted octanol–water partition coefficient (Wildman–Crippen LogP) is 4.98. The Balaban J connectivity index is 0.000000293. The van der Waals surface area contributed by atoms with Crippen molar-refractivity contribution in [1.29, 1.82) is 0 Å². The van der Waals surface area contributed by atoms with E-state index < -0.39 is 0 Å². The molecule has 0 amide bonds. The third-order valence-corrected chi connectivity index (χ3v) is 2.46. The molecular weight excluding hydrogens is 196 g/mol. The van der Waals surface area contributed by atoms with Crippen LogP contribution in [0.25, 0.3) is 0 Å². The number of hydrogen-bond acceptors (Lipinski definition) is 1. The molecule has 0 unspecified atom stereocenters. The maximum absolute atomic E-state index is 4.97. The number of ether oxygens (including phenoxy) is 1. The zero-order chi connectivity index (χ0) is 12.2. The van der Waals surface area contributed by atoms with Gasteiger partial charge in [0, 0.05) is 0 Å². The first-order chi connectivity index (χ1) is 7.74. The van der Waals surface area contributed by atoms with Crippen LogP contribution in [-0.2, 0) is 0 Å². The second kappa shape index (κ2) is 10.5. The summed E-state index contributed by atoms with van der Waals surface area (Å²) >= 11 is 0. The Kier molecular flexibility index (Phi) is 9.89. The largest absolute Gasteiger partial charge is 0.497 e. The van der Waals surface area contributed by atoms with E-state index in [-0.39, 0.29) is 0 Å². The molecule has 0 radical (unpaired) electrons. The van der Waals surface area contributed by atoms with Gasteiger partial charge < -0.3 is 4.74 Å². The molecule has 0 atom stereocenters. The summed E-state index contributed by atoms with van der Waals surface area (Å²) < 4.78 is 4.97. The van der Waals surface area contributed by atoms with E-state index in [4.69, 9.17) is 4.74 Å². The van der Waals surface area contributed by atoms with Gasteiger partial charge in [0.15, 0.2) is 0 Å². The third kappa shape index (κ3) is 8.34. The Bertz CT molecular complexity index is 234. The highest BCUT2D eigenvalue weighted by molar-refractivity contribution is 5.25. The van der Waals surface area contributed by atoms with Gasteiger partial charge in [0.25, 0.3) is 0 Å². The second-order valence-corrected chi connectivity index (χ2v) is 4.08. The molecule has 0 saturated carbocycles. The summed E-state index contributed by atoms with van der Waals surface area (Å²) in [5, 5.41) is 0. The minimum Gasteiger partial charge on any atom is -0.497 e. The first-order valence-electron chi connectivity index (χ1n) is 6.35. The van der Waals surface area contributed by atoms with Crippen LogP contribution in [0.4, 0.5) is 0 Å². The quantitative estimate of drug-likeness (QED) is 0.638. The summed E-state index contributed by atoms with van der Waals surface area (Å²) in [6.07, 6.45) is 7.01. The lowest BCUT2D eigenvalue weighted by atomic mass is 10.2. The van der Waals surface area contributed by atoms with Gasteiger partial charge in [0.2, 0.25) is 0 Å². The number of methoxy groups -OCH3 is 1. The van der Waals surface area contributed by atoms with E-state index in [2.05, 4.69) is 20.8 Å². The standard InChI is InChI=1S/C8H10O.C7H16/c1-7-3-5-8(9-2)6-4-7;1-3-5-7-6-4-2/h3-6H,1-2H3;3-7H2,1-2H3. The molecule has 0 aliphatic carbocycles. The Labute approximate surface area is 101 Å². The lowest BCUT2D eigenvalue weighted by molar-refractivity contribution is 0.414. The monoisotopic (exact) mass is 222 g/mol. The van der Waals surface area contributed by atoms with Crippen molar-refractivity contribution in [3.8, 4) is 5.75 Å². The van der Waals surface area contributed by atoms with E-state index in [1.165, 1.54) is 37.7 Å². The highest BCUT2D eigenvalue weighted by Crippen LogP contribution is 2.09. The molecule has 92 valence electrons. The summed E-state index contributed by atoms with van der Waals surface area (Å²) in [6, 6.07) is 7.96. The fourth-order valence-electron chi connectivity index (χ4n) is 1.35. The summed E-state index contributed by atoms with van der Waals surface area (Å²) in [5.41, 5.74) is 1.26. The number of aryl methyl sites for hydroxylation is 1. The Morgan fingerprint density at radius 3 is 1.75 bits per heavy atom. The molecule has 1 aromatic carbocycles. The second-order valence-electron chi connectivity index (χ2n) is 4.08. The molecule has 16 heavy (non-hydrogen) atoms. The van der Waals surface area contributed by atoms with E-state index in [0.29, 0.717) is 0 Å². The topological polar surface area (TPSA) is 9.23 Å². The van der Waals surface area contributed by atoms with Crippen LogP contribution in [0.1, 0.15) is 51.5 Å². The average Bonchev–Trinajstić information content (AvgIpc) is 2.32. The van der Waals surface area contributed by atoms with E-state index in [0.717, 1.165) is 5.75 Å². The van der Waals surface area contributed by atoms with Gasteiger partial charge in [0.05, 0.1) is 7.11 Å². The van der Waals surface area contributed by atoms with Crippen molar-refractivity contribution >= 4 is 0 Å². The van der Waals surface area contributed by atoms with E-state index >= 15 is 0 Å². The van der Waals surface area contributed by atoms with Gasteiger partial charge in [-0.2, -0.15) is 0 Å². The molecule has 1 aromatic rings. The number of benzene rings is 1. The van der Waals surface area contributed by atoms with Gasteiger partial charge in [-0.1, -0.05) is 63.6 Å².